The zero-order chi connectivity index (χ0) is 10.6. The van der Waals surface area contributed by atoms with E-state index in [1.165, 1.54) is 0 Å². The van der Waals surface area contributed by atoms with E-state index in [-0.39, 0.29) is 11.9 Å². The number of halogens is 1. The lowest BCUT2D eigenvalue weighted by Gasteiger charge is -2.06. The van der Waals surface area contributed by atoms with Crippen molar-refractivity contribution >= 4 is 21.8 Å². The first-order chi connectivity index (χ1) is 6.63. The molecule has 0 aromatic carbocycles. The van der Waals surface area contributed by atoms with Crippen molar-refractivity contribution in [3.05, 3.63) is 28.5 Å². The number of carbonyl (C=O) groups is 1. The Bertz CT molecular complexity index is 384. The summed E-state index contributed by atoms with van der Waals surface area (Å²) in [6, 6.07) is 4.83. The molecule has 0 bridgehead atoms. The van der Waals surface area contributed by atoms with E-state index in [1.54, 1.807) is 25.1 Å². The normalized spacial score (nSPS) is 11.5. The van der Waals surface area contributed by atoms with E-state index >= 15 is 0 Å². The number of pyridine rings is 1. The smallest absolute Gasteiger partial charge is 0.270 e. The molecule has 0 fully saturated rings. The predicted molar refractivity (Wildman–Crippen MR) is 57.7 cm³/mol. The zero-order valence-electron chi connectivity index (χ0n) is 7.62. The van der Waals surface area contributed by atoms with Gasteiger partial charge in [0.2, 0.25) is 0 Å². The number of rotatable bonds is 2. The van der Waals surface area contributed by atoms with Gasteiger partial charge in [-0.15, -0.1) is 6.42 Å². The van der Waals surface area contributed by atoms with E-state index in [4.69, 9.17) is 6.42 Å². The summed E-state index contributed by atoms with van der Waals surface area (Å²) in [4.78, 5) is 15.5. The lowest BCUT2D eigenvalue weighted by atomic mass is 10.3. The molecule has 1 atom stereocenters. The van der Waals surface area contributed by atoms with Gasteiger partial charge in [-0.05, 0) is 35.0 Å². The van der Waals surface area contributed by atoms with E-state index < -0.39 is 0 Å². The molecule has 14 heavy (non-hydrogen) atoms. The number of amides is 1. The van der Waals surface area contributed by atoms with Crippen molar-refractivity contribution in [1.82, 2.24) is 10.3 Å². The topological polar surface area (TPSA) is 42.0 Å². The molecule has 0 spiro atoms. The monoisotopic (exact) mass is 252 g/mol. The summed E-state index contributed by atoms with van der Waals surface area (Å²) in [5.41, 5.74) is 0.349. The van der Waals surface area contributed by atoms with E-state index in [0.29, 0.717) is 10.3 Å². The van der Waals surface area contributed by atoms with Gasteiger partial charge in [-0.2, -0.15) is 0 Å². The molecule has 0 saturated heterocycles. The summed E-state index contributed by atoms with van der Waals surface area (Å²) in [5, 5.41) is 2.61. The first-order valence-corrected chi connectivity index (χ1v) is 4.82. The molecule has 3 nitrogen and oxygen atoms in total. The molecule has 0 aliphatic rings. The van der Waals surface area contributed by atoms with Crippen LogP contribution in [0.2, 0.25) is 0 Å². The molecule has 1 aromatic rings. The first-order valence-electron chi connectivity index (χ1n) is 4.03. The fourth-order valence-corrected chi connectivity index (χ4v) is 1.19. The Balaban J connectivity index is 2.76. The number of aromatic nitrogens is 1. The second kappa shape index (κ2) is 4.77. The van der Waals surface area contributed by atoms with Crippen molar-refractivity contribution in [3.8, 4) is 12.3 Å². The molecule has 0 aliphatic carbocycles. The van der Waals surface area contributed by atoms with Crippen molar-refractivity contribution < 1.29 is 4.79 Å². The second-order valence-electron chi connectivity index (χ2n) is 2.71. The number of carbonyl (C=O) groups excluding carboxylic acids is 1. The summed E-state index contributed by atoms with van der Waals surface area (Å²) < 4.78 is 0.624. The molecule has 0 aliphatic heterocycles. The Hall–Kier alpha value is -1.34. The average Bonchev–Trinajstić information content (AvgIpc) is 2.17. The Morgan fingerprint density at radius 2 is 2.43 bits per heavy atom. The molecule has 72 valence electrons. The van der Waals surface area contributed by atoms with Gasteiger partial charge in [-0.3, -0.25) is 4.79 Å². The lowest BCUT2D eigenvalue weighted by Crippen LogP contribution is -2.31. The van der Waals surface area contributed by atoms with Gasteiger partial charge in [0.05, 0.1) is 6.04 Å². The Morgan fingerprint density at radius 3 is 3.00 bits per heavy atom. The highest BCUT2D eigenvalue weighted by Gasteiger charge is 2.08. The van der Waals surface area contributed by atoms with Gasteiger partial charge < -0.3 is 5.32 Å². The SMILES string of the molecule is C#CC(C)NC(=O)c1cccc(Br)n1. The number of terminal acetylenes is 1. The molecular formula is C10H9BrN2O. The van der Waals surface area contributed by atoms with Crippen LogP contribution in [-0.4, -0.2) is 16.9 Å². The number of hydrogen-bond donors (Lipinski definition) is 1. The highest BCUT2D eigenvalue weighted by molar-refractivity contribution is 9.10. The van der Waals surface area contributed by atoms with Crippen LogP contribution in [0.3, 0.4) is 0 Å². The minimum atomic E-state index is -0.289. The highest BCUT2D eigenvalue weighted by atomic mass is 79.9. The maximum Gasteiger partial charge on any atom is 0.270 e. The molecular weight excluding hydrogens is 244 g/mol. The summed E-state index contributed by atoms with van der Waals surface area (Å²) in [5.74, 6) is 2.14. The van der Waals surface area contributed by atoms with Crippen molar-refractivity contribution in [2.45, 2.75) is 13.0 Å². The molecule has 0 saturated carbocycles. The van der Waals surface area contributed by atoms with E-state index in [2.05, 4.69) is 32.2 Å². The predicted octanol–water partition coefficient (Wildman–Crippen LogP) is 1.60. The average molecular weight is 253 g/mol. The fraction of sp³-hybridized carbons (Fsp3) is 0.200. The minimum Gasteiger partial charge on any atom is -0.337 e. The van der Waals surface area contributed by atoms with Crippen LogP contribution in [0.5, 0.6) is 0 Å². The maximum absolute atomic E-state index is 11.5. The van der Waals surface area contributed by atoms with Gasteiger partial charge in [-0.1, -0.05) is 12.0 Å². The van der Waals surface area contributed by atoms with Crippen LogP contribution in [0.4, 0.5) is 0 Å². The fourth-order valence-electron chi connectivity index (χ4n) is 0.847. The summed E-state index contributed by atoms with van der Waals surface area (Å²) in [7, 11) is 0. The molecule has 1 aromatic heterocycles. The quantitative estimate of drug-likeness (QED) is 0.642. The van der Waals surface area contributed by atoms with E-state index in [9.17, 15) is 4.79 Å². The van der Waals surface area contributed by atoms with Crippen LogP contribution in [0.15, 0.2) is 22.8 Å². The van der Waals surface area contributed by atoms with Gasteiger partial charge in [-0.25, -0.2) is 4.98 Å². The van der Waals surface area contributed by atoms with Crippen molar-refractivity contribution in [3.63, 3.8) is 0 Å². The molecule has 1 amide bonds. The zero-order valence-corrected chi connectivity index (χ0v) is 9.21. The Morgan fingerprint density at radius 1 is 1.71 bits per heavy atom. The van der Waals surface area contributed by atoms with Gasteiger partial charge in [0.1, 0.15) is 10.3 Å². The van der Waals surface area contributed by atoms with Gasteiger partial charge >= 0.3 is 0 Å². The van der Waals surface area contributed by atoms with E-state index in [0.717, 1.165) is 0 Å². The Labute approximate surface area is 91.1 Å². The van der Waals surface area contributed by atoms with E-state index in [1.807, 2.05) is 0 Å². The second-order valence-corrected chi connectivity index (χ2v) is 3.52. The molecule has 1 heterocycles. The van der Waals surface area contributed by atoms with Crippen LogP contribution >= 0.6 is 15.9 Å². The first kappa shape index (κ1) is 10.7. The van der Waals surface area contributed by atoms with Crippen LogP contribution < -0.4 is 5.32 Å². The van der Waals surface area contributed by atoms with Crippen LogP contribution in [0.25, 0.3) is 0 Å². The summed E-state index contributed by atoms with van der Waals surface area (Å²) in [6.45, 7) is 1.73. The Kier molecular flexibility index (Phi) is 3.66. The van der Waals surface area contributed by atoms with Gasteiger partial charge in [0, 0.05) is 0 Å². The standard InChI is InChI=1S/C10H9BrN2O/c1-3-7(2)12-10(14)8-5-4-6-9(11)13-8/h1,4-7H,2H3,(H,12,14). The minimum absolute atomic E-state index is 0.267. The van der Waals surface area contributed by atoms with Crippen LogP contribution in [0.1, 0.15) is 17.4 Å². The molecule has 0 radical (unpaired) electrons. The number of nitrogens with zero attached hydrogens (tertiary/aromatic N) is 1. The van der Waals surface area contributed by atoms with Gasteiger partial charge in [0.15, 0.2) is 0 Å². The molecule has 4 heteroatoms. The highest BCUT2D eigenvalue weighted by Crippen LogP contribution is 2.06. The van der Waals surface area contributed by atoms with Crippen molar-refractivity contribution in [2.24, 2.45) is 0 Å². The van der Waals surface area contributed by atoms with Crippen LogP contribution in [-0.2, 0) is 0 Å². The van der Waals surface area contributed by atoms with Gasteiger partial charge in [0.25, 0.3) is 5.91 Å². The summed E-state index contributed by atoms with van der Waals surface area (Å²) >= 11 is 3.18. The van der Waals surface area contributed by atoms with Crippen molar-refractivity contribution in [1.29, 1.82) is 0 Å². The molecule has 1 rings (SSSR count). The number of nitrogens with one attached hydrogen (secondary N) is 1. The molecule has 1 unspecified atom stereocenters. The van der Waals surface area contributed by atoms with Crippen molar-refractivity contribution in [2.75, 3.05) is 0 Å². The van der Waals surface area contributed by atoms with Crippen LogP contribution in [0, 0.1) is 12.3 Å². The lowest BCUT2D eigenvalue weighted by molar-refractivity contribution is 0.0943. The number of hydrogen-bond acceptors (Lipinski definition) is 2. The summed E-state index contributed by atoms with van der Waals surface area (Å²) in [6.07, 6.45) is 5.13. The molecule has 1 N–H and O–H groups in total. The third kappa shape index (κ3) is 2.86. The maximum atomic E-state index is 11.5. The largest absolute Gasteiger partial charge is 0.337 e. The third-order valence-electron chi connectivity index (χ3n) is 1.55. The third-order valence-corrected chi connectivity index (χ3v) is 1.99.